The highest BCUT2D eigenvalue weighted by molar-refractivity contribution is 6.31. The zero-order valence-corrected chi connectivity index (χ0v) is 10.1. The van der Waals surface area contributed by atoms with Crippen molar-refractivity contribution in [1.82, 2.24) is 4.98 Å². The summed E-state index contributed by atoms with van der Waals surface area (Å²) in [6.07, 6.45) is 2.40. The number of pyridine rings is 1. The van der Waals surface area contributed by atoms with Crippen LogP contribution in [0.15, 0.2) is 30.5 Å². The largest absolute Gasteiger partial charge is 0.391 e. The predicted octanol–water partition coefficient (Wildman–Crippen LogP) is 2.46. The van der Waals surface area contributed by atoms with E-state index in [-0.39, 0.29) is 6.10 Å². The fourth-order valence-corrected chi connectivity index (χ4v) is 2.51. The summed E-state index contributed by atoms with van der Waals surface area (Å²) < 4.78 is 0. The third-order valence-corrected chi connectivity index (χ3v) is 3.42. The van der Waals surface area contributed by atoms with Gasteiger partial charge in [-0.25, -0.2) is 0 Å². The van der Waals surface area contributed by atoms with E-state index in [1.807, 2.05) is 24.3 Å². The lowest BCUT2D eigenvalue weighted by atomic mass is 10.2. The molecule has 0 amide bonds. The Labute approximate surface area is 105 Å². The number of β-amino-alcohol motifs (C(OH)–C–C–N with tert-alkyl or cyclic N) is 1. The third kappa shape index (κ3) is 1.96. The highest BCUT2D eigenvalue weighted by Crippen LogP contribution is 2.29. The molecule has 88 valence electrons. The Morgan fingerprint density at radius 1 is 1.35 bits per heavy atom. The Morgan fingerprint density at radius 3 is 3.00 bits per heavy atom. The van der Waals surface area contributed by atoms with E-state index in [2.05, 4.69) is 9.88 Å². The number of fused-ring (bicyclic) bond motifs is 1. The summed E-state index contributed by atoms with van der Waals surface area (Å²) in [7, 11) is 0. The first-order chi connectivity index (χ1) is 8.24. The first-order valence-corrected chi connectivity index (χ1v) is 6.09. The Hall–Kier alpha value is -1.32. The van der Waals surface area contributed by atoms with Crippen LogP contribution in [0.25, 0.3) is 10.9 Å². The van der Waals surface area contributed by atoms with Crippen molar-refractivity contribution in [3.05, 3.63) is 35.5 Å². The van der Waals surface area contributed by atoms with Crippen LogP contribution in [-0.2, 0) is 0 Å². The van der Waals surface area contributed by atoms with Crippen LogP contribution >= 0.6 is 11.6 Å². The van der Waals surface area contributed by atoms with Gasteiger partial charge in [-0.05, 0) is 30.7 Å². The van der Waals surface area contributed by atoms with Crippen LogP contribution in [0.5, 0.6) is 0 Å². The molecule has 0 unspecified atom stereocenters. The molecular formula is C13H13ClN2O. The van der Waals surface area contributed by atoms with Gasteiger partial charge in [0.1, 0.15) is 0 Å². The molecule has 0 aliphatic carbocycles. The number of aromatic nitrogens is 1. The Balaban J connectivity index is 2.12. The normalized spacial score (nSPS) is 20.1. The quantitative estimate of drug-likeness (QED) is 0.842. The van der Waals surface area contributed by atoms with Crippen molar-refractivity contribution < 1.29 is 5.11 Å². The van der Waals surface area contributed by atoms with Gasteiger partial charge in [0.15, 0.2) is 0 Å². The van der Waals surface area contributed by atoms with Crippen LogP contribution in [-0.4, -0.2) is 29.3 Å². The van der Waals surface area contributed by atoms with Gasteiger partial charge in [-0.2, -0.15) is 0 Å². The number of hydrogen-bond donors (Lipinski definition) is 1. The Morgan fingerprint density at radius 2 is 2.24 bits per heavy atom. The number of rotatable bonds is 1. The Kier molecular flexibility index (Phi) is 2.65. The maximum Gasteiger partial charge on any atom is 0.0731 e. The van der Waals surface area contributed by atoms with E-state index in [0.717, 1.165) is 29.6 Å². The number of anilines is 1. The second-order valence-corrected chi connectivity index (χ2v) is 4.82. The fourth-order valence-electron chi connectivity index (χ4n) is 2.34. The van der Waals surface area contributed by atoms with Crippen molar-refractivity contribution >= 4 is 28.2 Å². The molecule has 1 aromatic carbocycles. The molecule has 0 bridgehead atoms. The number of hydrogen-bond acceptors (Lipinski definition) is 3. The number of halogens is 1. The molecule has 1 N–H and O–H groups in total. The van der Waals surface area contributed by atoms with Gasteiger partial charge < -0.3 is 10.0 Å². The maximum atomic E-state index is 9.60. The van der Waals surface area contributed by atoms with Gasteiger partial charge in [-0.3, -0.25) is 4.98 Å². The molecule has 1 saturated heterocycles. The van der Waals surface area contributed by atoms with Crippen LogP contribution in [0.4, 0.5) is 5.69 Å². The van der Waals surface area contributed by atoms with Gasteiger partial charge in [0.25, 0.3) is 0 Å². The summed E-state index contributed by atoms with van der Waals surface area (Å²) in [5, 5.41) is 11.4. The molecule has 1 fully saturated rings. The van der Waals surface area contributed by atoms with E-state index >= 15 is 0 Å². The van der Waals surface area contributed by atoms with E-state index in [9.17, 15) is 5.11 Å². The zero-order chi connectivity index (χ0) is 11.8. The van der Waals surface area contributed by atoms with E-state index in [4.69, 9.17) is 11.6 Å². The SMILES string of the molecule is O[C@H]1CCN(c2ccnc3ccc(Cl)cc23)C1. The highest BCUT2D eigenvalue weighted by Gasteiger charge is 2.21. The van der Waals surface area contributed by atoms with Crippen LogP contribution in [0.1, 0.15) is 6.42 Å². The third-order valence-electron chi connectivity index (χ3n) is 3.18. The Bertz CT molecular complexity index is 558. The number of aliphatic hydroxyl groups excluding tert-OH is 1. The van der Waals surface area contributed by atoms with E-state index in [1.54, 1.807) is 6.20 Å². The van der Waals surface area contributed by atoms with Gasteiger partial charge >= 0.3 is 0 Å². The van der Waals surface area contributed by atoms with Crippen LogP contribution in [0.3, 0.4) is 0 Å². The van der Waals surface area contributed by atoms with Crippen LogP contribution in [0.2, 0.25) is 5.02 Å². The van der Waals surface area contributed by atoms with Gasteiger partial charge in [-0.1, -0.05) is 11.6 Å². The lowest BCUT2D eigenvalue weighted by molar-refractivity contribution is 0.198. The minimum atomic E-state index is -0.225. The van der Waals surface area contributed by atoms with Gasteiger partial charge in [-0.15, -0.1) is 0 Å². The molecule has 3 rings (SSSR count). The monoisotopic (exact) mass is 248 g/mol. The molecule has 17 heavy (non-hydrogen) atoms. The lowest BCUT2D eigenvalue weighted by Gasteiger charge is -2.19. The summed E-state index contributed by atoms with van der Waals surface area (Å²) in [4.78, 5) is 6.51. The average molecular weight is 249 g/mol. The molecule has 1 aliphatic heterocycles. The van der Waals surface area contributed by atoms with Crippen molar-refractivity contribution in [1.29, 1.82) is 0 Å². The summed E-state index contributed by atoms with van der Waals surface area (Å²) in [5.74, 6) is 0. The molecule has 0 saturated carbocycles. The first kappa shape index (κ1) is 10.8. The van der Waals surface area contributed by atoms with Crippen molar-refractivity contribution in [3.63, 3.8) is 0 Å². The molecule has 3 nitrogen and oxygen atoms in total. The molecule has 4 heteroatoms. The van der Waals surface area contributed by atoms with Crippen molar-refractivity contribution in [2.45, 2.75) is 12.5 Å². The fraction of sp³-hybridized carbons (Fsp3) is 0.308. The molecule has 1 atom stereocenters. The lowest BCUT2D eigenvalue weighted by Crippen LogP contribution is -2.21. The average Bonchev–Trinajstić information content (AvgIpc) is 2.75. The van der Waals surface area contributed by atoms with Crippen molar-refractivity contribution in [2.24, 2.45) is 0 Å². The highest BCUT2D eigenvalue weighted by atomic mass is 35.5. The first-order valence-electron chi connectivity index (χ1n) is 5.71. The standard InChI is InChI=1S/C13H13ClN2O/c14-9-1-2-12-11(7-9)13(3-5-15-12)16-6-4-10(17)8-16/h1-3,5,7,10,17H,4,6,8H2/t10-/m0/s1. The molecule has 1 aliphatic rings. The minimum absolute atomic E-state index is 0.225. The predicted molar refractivity (Wildman–Crippen MR) is 69.6 cm³/mol. The van der Waals surface area contributed by atoms with E-state index < -0.39 is 0 Å². The molecule has 2 aromatic rings. The molecular weight excluding hydrogens is 236 g/mol. The van der Waals surface area contributed by atoms with Crippen molar-refractivity contribution in [2.75, 3.05) is 18.0 Å². The summed E-state index contributed by atoms with van der Waals surface area (Å²) in [5.41, 5.74) is 2.04. The van der Waals surface area contributed by atoms with E-state index in [1.165, 1.54) is 0 Å². The topological polar surface area (TPSA) is 36.4 Å². The van der Waals surface area contributed by atoms with Crippen molar-refractivity contribution in [3.8, 4) is 0 Å². The molecule has 2 heterocycles. The van der Waals surface area contributed by atoms with Gasteiger partial charge in [0.2, 0.25) is 0 Å². The maximum absolute atomic E-state index is 9.60. The second kappa shape index (κ2) is 4.17. The zero-order valence-electron chi connectivity index (χ0n) is 9.31. The van der Waals surface area contributed by atoms with Crippen LogP contribution < -0.4 is 4.90 Å². The molecule has 0 spiro atoms. The number of nitrogens with zero attached hydrogens (tertiary/aromatic N) is 2. The second-order valence-electron chi connectivity index (χ2n) is 4.38. The van der Waals surface area contributed by atoms with E-state index in [0.29, 0.717) is 11.6 Å². The molecule has 1 aromatic heterocycles. The van der Waals surface area contributed by atoms with Gasteiger partial charge in [0.05, 0.1) is 11.6 Å². The van der Waals surface area contributed by atoms with Crippen LogP contribution in [0, 0.1) is 0 Å². The number of aliphatic hydroxyl groups is 1. The summed E-state index contributed by atoms with van der Waals surface area (Å²) in [6, 6.07) is 7.69. The summed E-state index contributed by atoms with van der Waals surface area (Å²) >= 11 is 6.03. The molecule has 0 radical (unpaired) electrons. The van der Waals surface area contributed by atoms with Gasteiger partial charge in [0, 0.05) is 35.4 Å². The number of benzene rings is 1. The smallest absolute Gasteiger partial charge is 0.0731 e. The minimum Gasteiger partial charge on any atom is -0.391 e. The summed E-state index contributed by atoms with van der Waals surface area (Å²) in [6.45, 7) is 1.57.